The highest BCUT2D eigenvalue weighted by atomic mass is 16.5. The van der Waals surface area contributed by atoms with Crippen LogP contribution >= 0.6 is 0 Å². The number of carbonyl (C=O) groups is 1. The fourth-order valence-electron chi connectivity index (χ4n) is 9.59. The van der Waals surface area contributed by atoms with Crippen LogP contribution in [0.3, 0.4) is 0 Å². The Bertz CT molecular complexity index is 676. The van der Waals surface area contributed by atoms with E-state index in [1.165, 1.54) is 57.8 Å². The van der Waals surface area contributed by atoms with Crippen LogP contribution in [0.1, 0.15) is 112 Å². The molecule has 0 heterocycles. The standard InChI is InChI=1S/C29H51NO2/c1-18(2)8-7-9-19(3)23-10-11-24-27-25(13-15-29(23,24)6)28(5)14-12-22(30)16-21(28)17-26(27)32-20(4)31/h18-19,21-27H,7-17,30H2,1-6H3. The minimum absolute atomic E-state index is 0.0821. The zero-order valence-electron chi connectivity index (χ0n) is 21.9. The highest BCUT2D eigenvalue weighted by Gasteiger charge is 2.63. The van der Waals surface area contributed by atoms with Gasteiger partial charge in [0.2, 0.25) is 0 Å². The molecule has 0 amide bonds. The molecule has 2 N–H and O–H groups in total. The summed E-state index contributed by atoms with van der Waals surface area (Å²) in [6.45, 7) is 14.1. The Balaban J connectivity index is 1.57. The van der Waals surface area contributed by atoms with Crippen LogP contribution in [0.15, 0.2) is 0 Å². The summed E-state index contributed by atoms with van der Waals surface area (Å²) in [5.74, 6) is 4.98. The monoisotopic (exact) mass is 445 g/mol. The van der Waals surface area contributed by atoms with E-state index < -0.39 is 0 Å². The van der Waals surface area contributed by atoms with E-state index >= 15 is 0 Å². The van der Waals surface area contributed by atoms with Crippen molar-refractivity contribution in [2.75, 3.05) is 0 Å². The van der Waals surface area contributed by atoms with Gasteiger partial charge in [-0.2, -0.15) is 0 Å². The van der Waals surface area contributed by atoms with E-state index in [9.17, 15) is 4.79 Å². The van der Waals surface area contributed by atoms with Crippen LogP contribution in [0.25, 0.3) is 0 Å². The SMILES string of the molecule is CC(=O)OC1CC2CC(N)CCC2(C)C2CCC3(C)C(C(C)CCCC(C)C)CCC3C12. The first-order valence-corrected chi connectivity index (χ1v) is 14.0. The van der Waals surface area contributed by atoms with Crippen molar-refractivity contribution in [3.05, 3.63) is 0 Å². The van der Waals surface area contributed by atoms with Gasteiger partial charge < -0.3 is 10.5 Å². The molecule has 4 fully saturated rings. The first-order chi connectivity index (χ1) is 15.1. The number of ether oxygens (including phenoxy) is 1. The molecule has 0 aromatic carbocycles. The second-order valence-corrected chi connectivity index (χ2v) is 13.4. The number of carbonyl (C=O) groups excluding carboxylic acids is 1. The smallest absolute Gasteiger partial charge is 0.302 e. The van der Waals surface area contributed by atoms with Crippen LogP contribution in [-0.2, 0) is 9.53 Å². The van der Waals surface area contributed by atoms with E-state index in [2.05, 4.69) is 34.6 Å². The summed E-state index contributed by atoms with van der Waals surface area (Å²) in [4.78, 5) is 12.2. The van der Waals surface area contributed by atoms with E-state index in [0.29, 0.717) is 34.6 Å². The van der Waals surface area contributed by atoms with Crippen molar-refractivity contribution in [2.24, 2.45) is 58.0 Å². The van der Waals surface area contributed by atoms with Crippen LogP contribution in [0.2, 0.25) is 0 Å². The second-order valence-electron chi connectivity index (χ2n) is 13.4. The van der Waals surface area contributed by atoms with Gasteiger partial charge in [-0.3, -0.25) is 4.79 Å². The molecule has 32 heavy (non-hydrogen) atoms. The Morgan fingerprint density at radius 2 is 1.66 bits per heavy atom. The number of hydrogen-bond donors (Lipinski definition) is 1. The van der Waals surface area contributed by atoms with Crippen molar-refractivity contribution in [2.45, 2.75) is 124 Å². The number of fused-ring (bicyclic) bond motifs is 5. The second kappa shape index (κ2) is 9.23. The van der Waals surface area contributed by atoms with Crippen LogP contribution in [-0.4, -0.2) is 18.1 Å². The molecule has 4 aliphatic rings. The average Bonchev–Trinajstić information content (AvgIpc) is 3.05. The van der Waals surface area contributed by atoms with Crippen molar-refractivity contribution in [3.63, 3.8) is 0 Å². The zero-order valence-corrected chi connectivity index (χ0v) is 21.9. The third-order valence-corrected chi connectivity index (χ3v) is 11.2. The highest BCUT2D eigenvalue weighted by Crippen LogP contribution is 2.68. The third-order valence-electron chi connectivity index (χ3n) is 11.2. The molecule has 3 heteroatoms. The van der Waals surface area contributed by atoms with Gasteiger partial charge >= 0.3 is 5.97 Å². The predicted octanol–water partition coefficient (Wildman–Crippen LogP) is 6.98. The number of rotatable bonds is 6. The Morgan fingerprint density at radius 3 is 2.34 bits per heavy atom. The van der Waals surface area contributed by atoms with Crippen molar-refractivity contribution in [1.82, 2.24) is 0 Å². The van der Waals surface area contributed by atoms with Crippen LogP contribution in [0.5, 0.6) is 0 Å². The average molecular weight is 446 g/mol. The van der Waals surface area contributed by atoms with E-state index in [0.717, 1.165) is 36.5 Å². The van der Waals surface area contributed by atoms with Gasteiger partial charge in [0.05, 0.1) is 0 Å². The molecule has 184 valence electrons. The number of nitrogens with two attached hydrogens (primary N) is 1. The van der Waals surface area contributed by atoms with Gasteiger partial charge in [0.15, 0.2) is 0 Å². The summed E-state index contributed by atoms with van der Waals surface area (Å²) in [6, 6.07) is 0.332. The molecule has 0 bridgehead atoms. The Labute approximate surface area is 198 Å². The topological polar surface area (TPSA) is 52.3 Å². The molecule has 0 aromatic rings. The molecular weight excluding hydrogens is 394 g/mol. The lowest BCUT2D eigenvalue weighted by atomic mass is 9.43. The van der Waals surface area contributed by atoms with Crippen molar-refractivity contribution < 1.29 is 9.53 Å². The first-order valence-electron chi connectivity index (χ1n) is 14.0. The fraction of sp³-hybridized carbons (Fsp3) is 0.966. The van der Waals surface area contributed by atoms with Gasteiger partial charge in [-0.25, -0.2) is 0 Å². The predicted molar refractivity (Wildman–Crippen MR) is 132 cm³/mol. The molecule has 4 aliphatic carbocycles. The molecule has 0 saturated heterocycles. The van der Waals surface area contributed by atoms with E-state index in [-0.39, 0.29) is 12.1 Å². The lowest BCUT2D eigenvalue weighted by Gasteiger charge is -2.63. The zero-order chi connectivity index (χ0) is 23.3. The Morgan fingerprint density at radius 1 is 0.969 bits per heavy atom. The maximum Gasteiger partial charge on any atom is 0.302 e. The molecule has 0 radical (unpaired) electrons. The van der Waals surface area contributed by atoms with Gasteiger partial charge in [0, 0.05) is 18.9 Å². The lowest BCUT2D eigenvalue weighted by molar-refractivity contribution is -0.189. The maximum atomic E-state index is 12.2. The quantitative estimate of drug-likeness (QED) is 0.449. The molecule has 4 rings (SSSR count). The Hall–Kier alpha value is -0.570. The molecular formula is C29H51NO2. The van der Waals surface area contributed by atoms with Gasteiger partial charge in [-0.05, 0) is 97.7 Å². The minimum atomic E-state index is -0.0821. The summed E-state index contributed by atoms with van der Waals surface area (Å²) in [5, 5.41) is 0. The van der Waals surface area contributed by atoms with Gasteiger partial charge in [-0.15, -0.1) is 0 Å². The van der Waals surface area contributed by atoms with E-state index in [1.54, 1.807) is 6.92 Å². The van der Waals surface area contributed by atoms with Crippen molar-refractivity contribution in [3.8, 4) is 0 Å². The summed E-state index contributed by atoms with van der Waals surface area (Å²) < 4.78 is 6.15. The van der Waals surface area contributed by atoms with Crippen LogP contribution < -0.4 is 5.73 Å². The number of hydrogen-bond acceptors (Lipinski definition) is 3. The normalized spacial score (nSPS) is 46.8. The van der Waals surface area contributed by atoms with Gasteiger partial charge in [0.25, 0.3) is 0 Å². The van der Waals surface area contributed by atoms with Gasteiger partial charge in [0.1, 0.15) is 6.10 Å². The molecule has 0 spiro atoms. The molecule has 0 aromatic heterocycles. The van der Waals surface area contributed by atoms with Gasteiger partial charge in [-0.1, -0.05) is 53.9 Å². The first kappa shape index (κ1) is 24.6. The minimum Gasteiger partial charge on any atom is -0.462 e. The summed E-state index contributed by atoms with van der Waals surface area (Å²) in [5.41, 5.74) is 7.23. The van der Waals surface area contributed by atoms with E-state index in [1.807, 2.05) is 0 Å². The molecule has 10 atom stereocenters. The fourth-order valence-corrected chi connectivity index (χ4v) is 9.59. The van der Waals surface area contributed by atoms with Crippen LogP contribution in [0.4, 0.5) is 0 Å². The summed E-state index contributed by atoms with van der Waals surface area (Å²) >= 11 is 0. The lowest BCUT2D eigenvalue weighted by Crippen LogP contribution is -2.59. The molecule has 10 unspecified atom stereocenters. The third kappa shape index (κ3) is 4.29. The van der Waals surface area contributed by atoms with Crippen LogP contribution in [0, 0.1) is 52.3 Å². The Kier molecular flexibility index (Phi) is 7.08. The molecule has 0 aliphatic heterocycles. The molecule has 4 saturated carbocycles. The number of esters is 1. The summed E-state index contributed by atoms with van der Waals surface area (Å²) in [6.07, 6.45) is 14.3. The molecule has 3 nitrogen and oxygen atoms in total. The highest BCUT2D eigenvalue weighted by molar-refractivity contribution is 5.66. The van der Waals surface area contributed by atoms with Crippen molar-refractivity contribution >= 4 is 5.97 Å². The van der Waals surface area contributed by atoms with Crippen molar-refractivity contribution in [1.29, 1.82) is 0 Å². The van der Waals surface area contributed by atoms with E-state index in [4.69, 9.17) is 10.5 Å². The summed E-state index contributed by atoms with van der Waals surface area (Å²) in [7, 11) is 0. The maximum absolute atomic E-state index is 12.2. The largest absolute Gasteiger partial charge is 0.462 e.